The normalized spacial score (nSPS) is 20.7. The number of aryl methyl sites for hydroxylation is 2. The van der Waals surface area contributed by atoms with Crippen molar-refractivity contribution in [2.24, 2.45) is 11.7 Å². The third kappa shape index (κ3) is 4.61. The number of hydrogen-bond donors (Lipinski definition) is 2. The van der Waals surface area contributed by atoms with Crippen molar-refractivity contribution in [1.82, 2.24) is 5.32 Å². The molecule has 1 aliphatic carbocycles. The van der Waals surface area contributed by atoms with Gasteiger partial charge < -0.3 is 15.8 Å². The zero-order valence-electron chi connectivity index (χ0n) is 12.7. The fourth-order valence-corrected chi connectivity index (χ4v) is 2.92. The molecule has 5 heteroatoms. The molecule has 1 aromatic carbocycles. The number of nitrogens with one attached hydrogen (secondary N) is 1. The number of amides is 1. The summed E-state index contributed by atoms with van der Waals surface area (Å²) in [5.41, 5.74) is 7.83. The lowest BCUT2D eigenvalue weighted by molar-refractivity contribution is -0.124. The highest BCUT2D eigenvalue weighted by atomic mass is 35.5. The van der Waals surface area contributed by atoms with Gasteiger partial charge in [0, 0.05) is 6.04 Å². The predicted octanol–water partition coefficient (Wildman–Crippen LogP) is 2.35. The number of nitrogens with two attached hydrogens (primary N) is 1. The Morgan fingerprint density at radius 1 is 1.33 bits per heavy atom. The first-order valence-electron chi connectivity index (χ1n) is 7.30. The van der Waals surface area contributed by atoms with Crippen LogP contribution in [0.2, 0.25) is 0 Å². The van der Waals surface area contributed by atoms with E-state index in [9.17, 15) is 4.79 Å². The molecule has 1 aromatic rings. The van der Waals surface area contributed by atoms with E-state index in [1.807, 2.05) is 32.0 Å². The van der Waals surface area contributed by atoms with Crippen LogP contribution in [0.25, 0.3) is 0 Å². The number of benzene rings is 1. The average molecular weight is 313 g/mol. The van der Waals surface area contributed by atoms with E-state index in [0.29, 0.717) is 12.5 Å². The Morgan fingerprint density at radius 3 is 2.62 bits per heavy atom. The molecule has 4 nitrogen and oxygen atoms in total. The summed E-state index contributed by atoms with van der Waals surface area (Å²) in [5.74, 6) is 1.17. The van der Waals surface area contributed by atoms with Gasteiger partial charge >= 0.3 is 0 Å². The smallest absolute Gasteiger partial charge is 0.258 e. The number of carbonyl (C=O) groups is 1. The summed E-state index contributed by atoms with van der Waals surface area (Å²) in [5, 5.41) is 3.05. The highest BCUT2D eigenvalue weighted by Crippen LogP contribution is 2.25. The van der Waals surface area contributed by atoms with Crippen LogP contribution in [0, 0.1) is 19.8 Å². The Kier molecular flexibility index (Phi) is 6.99. The fraction of sp³-hybridized carbons (Fsp3) is 0.562. The van der Waals surface area contributed by atoms with Crippen LogP contribution in [0.4, 0.5) is 0 Å². The molecule has 0 heterocycles. The first kappa shape index (κ1) is 17.8. The maximum atomic E-state index is 12.0. The number of ether oxygens (including phenoxy) is 1. The van der Waals surface area contributed by atoms with E-state index in [1.54, 1.807) is 0 Å². The summed E-state index contributed by atoms with van der Waals surface area (Å²) in [6.07, 6.45) is 3.28. The van der Waals surface area contributed by atoms with Gasteiger partial charge in [-0.25, -0.2) is 0 Å². The number of hydrogen-bond acceptors (Lipinski definition) is 3. The number of para-hydroxylation sites is 1. The average Bonchev–Trinajstić information content (AvgIpc) is 2.85. The van der Waals surface area contributed by atoms with Crippen molar-refractivity contribution in [3.8, 4) is 5.75 Å². The number of rotatable bonds is 5. The first-order chi connectivity index (χ1) is 9.61. The molecule has 0 radical (unpaired) electrons. The van der Waals surface area contributed by atoms with Crippen LogP contribution in [0.1, 0.15) is 30.4 Å². The molecule has 1 fully saturated rings. The zero-order valence-corrected chi connectivity index (χ0v) is 13.5. The molecule has 118 valence electrons. The van der Waals surface area contributed by atoms with Crippen molar-refractivity contribution >= 4 is 18.3 Å². The molecule has 0 bridgehead atoms. The summed E-state index contributed by atoms with van der Waals surface area (Å²) < 4.78 is 5.67. The summed E-state index contributed by atoms with van der Waals surface area (Å²) in [6, 6.07) is 6.18. The monoisotopic (exact) mass is 312 g/mol. The van der Waals surface area contributed by atoms with Gasteiger partial charge in [0.25, 0.3) is 5.91 Å². The molecule has 1 saturated carbocycles. The lowest BCUT2D eigenvalue weighted by Crippen LogP contribution is -2.42. The van der Waals surface area contributed by atoms with Crippen LogP contribution >= 0.6 is 12.4 Å². The van der Waals surface area contributed by atoms with E-state index >= 15 is 0 Å². The molecule has 0 spiro atoms. The first-order valence-corrected chi connectivity index (χ1v) is 7.30. The maximum Gasteiger partial charge on any atom is 0.258 e. The van der Waals surface area contributed by atoms with Gasteiger partial charge in [0.15, 0.2) is 6.61 Å². The van der Waals surface area contributed by atoms with E-state index in [4.69, 9.17) is 10.5 Å². The highest BCUT2D eigenvalue weighted by Gasteiger charge is 2.27. The van der Waals surface area contributed by atoms with Gasteiger partial charge in [-0.15, -0.1) is 12.4 Å². The molecule has 21 heavy (non-hydrogen) atoms. The van der Waals surface area contributed by atoms with Gasteiger partial charge in [0.2, 0.25) is 0 Å². The number of halogens is 1. The summed E-state index contributed by atoms with van der Waals surface area (Å²) in [4.78, 5) is 12.0. The second kappa shape index (κ2) is 8.25. The Hall–Kier alpha value is -1.26. The molecule has 2 unspecified atom stereocenters. The lowest BCUT2D eigenvalue weighted by Gasteiger charge is -2.20. The van der Waals surface area contributed by atoms with Crippen LogP contribution < -0.4 is 15.8 Å². The Labute approximate surface area is 132 Å². The summed E-state index contributed by atoms with van der Waals surface area (Å²) in [6.45, 7) is 4.69. The molecule has 0 aromatic heterocycles. The van der Waals surface area contributed by atoms with Crippen LogP contribution in [-0.2, 0) is 4.79 Å². The minimum atomic E-state index is -0.0574. The van der Waals surface area contributed by atoms with Crippen LogP contribution in [0.3, 0.4) is 0 Å². The van der Waals surface area contributed by atoms with Crippen molar-refractivity contribution in [2.45, 2.75) is 39.2 Å². The zero-order chi connectivity index (χ0) is 14.5. The second-order valence-corrected chi connectivity index (χ2v) is 5.61. The minimum Gasteiger partial charge on any atom is -0.483 e. The van der Waals surface area contributed by atoms with Gasteiger partial charge in [-0.3, -0.25) is 4.79 Å². The molecule has 3 N–H and O–H groups in total. The molecule has 2 rings (SSSR count). The summed E-state index contributed by atoms with van der Waals surface area (Å²) in [7, 11) is 0. The topological polar surface area (TPSA) is 64.3 Å². The molecule has 1 aliphatic rings. The largest absolute Gasteiger partial charge is 0.483 e. The van der Waals surface area contributed by atoms with Crippen LogP contribution in [0.5, 0.6) is 5.75 Å². The maximum absolute atomic E-state index is 12.0. The van der Waals surface area contributed by atoms with Crippen LogP contribution in [0.15, 0.2) is 18.2 Å². The molecule has 0 saturated heterocycles. The van der Waals surface area contributed by atoms with E-state index in [0.717, 1.165) is 36.1 Å². The van der Waals surface area contributed by atoms with Crippen LogP contribution in [-0.4, -0.2) is 25.1 Å². The van der Waals surface area contributed by atoms with Crippen molar-refractivity contribution < 1.29 is 9.53 Å². The number of carbonyl (C=O) groups excluding carboxylic acids is 1. The van der Waals surface area contributed by atoms with E-state index in [2.05, 4.69) is 5.32 Å². The van der Waals surface area contributed by atoms with Crippen molar-refractivity contribution in [1.29, 1.82) is 0 Å². The highest BCUT2D eigenvalue weighted by molar-refractivity contribution is 5.85. The van der Waals surface area contributed by atoms with E-state index in [1.165, 1.54) is 0 Å². The van der Waals surface area contributed by atoms with Gasteiger partial charge in [0.05, 0.1) is 0 Å². The molecular weight excluding hydrogens is 288 g/mol. The lowest BCUT2D eigenvalue weighted by atomic mass is 10.0. The van der Waals surface area contributed by atoms with Gasteiger partial charge in [-0.2, -0.15) is 0 Å². The molecule has 2 atom stereocenters. The van der Waals surface area contributed by atoms with Crippen molar-refractivity contribution in [3.63, 3.8) is 0 Å². The quantitative estimate of drug-likeness (QED) is 0.877. The third-order valence-corrected chi connectivity index (χ3v) is 4.06. The molecule has 0 aliphatic heterocycles. The van der Waals surface area contributed by atoms with Crippen molar-refractivity contribution in [2.75, 3.05) is 13.2 Å². The van der Waals surface area contributed by atoms with E-state index < -0.39 is 0 Å². The Bertz CT molecular complexity index is 459. The summed E-state index contributed by atoms with van der Waals surface area (Å²) >= 11 is 0. The fourth-order valence-electron chi connectivity index (χ4n) is 2.92. The Balaban J connectivity index is 0.00000220. The van der Waals surface area contributed by atoms with Gasteiger partial charge in [0.1, 0.15) is 5.75 Å². The predicted molar refractivity (Wildman–Crippen MR) is 87.0 cm³/mol. The minimum absolute atomic E-state index is 0. The molecular formula is C16H25ClN2O2. The van der Waals surface area contributed by atoms with E-state index in [-0.39, 0.29) is 31.0 Å². The molecule has 1 amide bonds. The third-order valence-electron chi connectivity index (χ3n) is 4.06. The standard InChI is InChI=1S/C16H24N2O2.ClH/c1-11-5-3-6-12(2)16(11)20-10-15(19)18-14-8-4-7-13(14)9-17;/h3,5-6,13-14H,4,7-10,17H2,1-2H3,(H,18,19);1H. The Morgan fingerprint density at radius 2 is 2.00 bits per heavy atom. The second-order valence-electron chi connectivity index (χ2n) is 5.61. The SMILES string of the molecule is Cc1cccc(C)c1OCC(=O)NC1CCCC1CN.Cl. The van der Waals surface area contributed by atoms with Gasteiger partial charge in [-0.1, -0.05) is 24.6 Å². The van der Waals surface area contributed by atoms with Crippen molar-refractivity contribution in [3.05, 3.63) is 29.3 Å². The van der Waals surface area contributed by atoms with Gasteiger partial charge in [-0.05, 0) is 50.3 Å².